The third kappa shape index (κ3) is 2.14. The molecular formula is C22H15BO2. The molecule has 0 unspecified atom stereocenters. The quantitative estimate of drug-likeness (QED) is 0.382. The molecule has 5 aromatic carbocycles. The first-order chi connectivity index (χ1) is 12.2. The highest BCUT2D eigenvalue weighted by Crippen LogP contribution is 2.38. The van der Waals surface area contributed by atoms with Crippen LogP contribution in [0.4, 0.5) is 0 Å². The lowest BCUT2D eigenvalue weighted by molar-refractivity contribution is 0.426. The monoisotopic (exact) mass is 322 g/mol. The second-order valence-electron chi connectivity index (χ2n) is 6.47. The molecule has 5 aromatic rings. The molecule has 2 nitrogen and oxygen atoms in total. The van der Waals surface area contributed by atoms with E-state index < -0.39 is 7.12 Å². The van der Waals surface area contributed by atoms with E-state index in [4.69, 9.17) is 0 Å². The summed E-state index contributed by atoms with van der Waals surface area (Å²) in [7, 11) is -1.46. The minimum atomic E-state index is -1.46. The van der Waals surface area contributed by atoms with Gasteiger partial charge >= 0.3 is 7.12 Å². The van der Waals surface area contributed by atoms with Crippen LogP contribution in [-0.2, 0) is 0 Å². The number of hydrogen-bond acceptors (Lipinski definition) is 2. The van der Waals surface area contributed by atoms with Gasteiger partial charge in [0.15, 0.2) is 0 Å². The van der Waals surface area contributed by atoms with Crippen LogP contribution in [0.15, 0.2) is 78.9 Å². The van der Waals surface area contributed by atoms with Crippen molar-refractivity contribution in [3.63, 3.8) is 0 Å². The van der Waals surface area contributed by atoms with E-state index in [0.717, 1.165) is 11.1 Å². The normalized spacial score (nSPS) is 11.6. The van der Waals surface area contributed by atoms with Crippen LogP contribution >= 0.6 is 0 Å². The maximum Gasteiger partial charge on any atom is 0.488 e. The number of rotatable bonds is 2. The van der Waals surface area contributed by atoms with Gasteiger partial charge in [-0.05, 0) is 48.9 Å². The molecule has 0 radical (unpaired) electrons. The van der Waals surface area contributed by atoms with Crippen molar-refractivity contribution in [2.75, 3.05) is 0 Å². The SMILES string of the molecule is OB(O)c1cccc(-c2ccc3ccc4cccc5ccc2c3c45)c1. The van der Waals surface area contributed by atoms with Crippen LogP contribution in [0.5, 0.6) is 0 Å². The Morgan fingerprint density at radius 2 is 1.24 bits per heavy atom. The Kier molecular flexibility index (Phi) is 3.08. The van der Waals surface area contributed by atoms with E-state index in [0.29, 0.717) is 5.46 Å². The summed E-state index contributed by atoms with van der Waals surface area (Å²) in [5.41, 5.74) is 2.60. The zero-order valence-electron chi connectivity index (χ0n) is 13.5. The lowest BCUT2D eigenvalue weighted by Gasteiger charge is -2.14. The summed E-state index contributed by atoms with van der Waals surface area (Å²) in [4.78, 5) is 0. The second-order valence-corrected chi connectivity index (χ2v) is 6.47. The van der Waals surface area contributed by atoms with Crippen LogP contribution < -0.4 is 5.46 Å². The van der Waals surface area contributed by atoms with Gasteiger partial charge in [0.25, 0.3) is 0 Å². The van der Waals surface area contributed by atoms with Crippen molar-refractivity contribution < 1.29 is 10.0 Å². The molecule has 0 aliphatic rings. The largest absolute Gasteiger partial charge is 0.488 e. The van der Waals surface area contributed by atoms with Crippen molar-refractivity contribution in [2.24, 2.45) is 0 Å². The van der Waals surface area contributed by atoms with Gasteiger partial charge in [-0.25, -0.2) is 0 Å². The maximum absolute atomic E-state index is 9.49. The minimum absolute atomic E-state index is 0.503. The molecule has 0 aliphatic heterocycles. The molecule has 5 rings (SSSR count). The van der Waals surface area contributed by atoms with E-state index in [1.165, 1.54) is 32.3 Å². The van der Waals surface area contributed by atoms with E-state index >= 15 is 0 Å². The zero-order chi connectivity index (χ0) is 17.0. The van der Waals surface area contributed by atoms with Gasteiger partial charge in [0, 0.05) is 0 Å². The zero-order valence-corrected chi connectivity index (χ0v) is 13.5. The van der Waals surface area contributed by atoms with Gasteiger partial charge in [-0.3, -0.25) is 0 Å². The fourth-order valence-electron chi connectivity index (χ4n) is 3.85. The average molecular weight is 322 g/mol. The third-order valence-corrected chi connectivity index (χ3v) is 5.02. The van der Waals surface area contributed by atoms with Gasteiger partial charge in [0.05, 0.1) is 0 Å². The molecule has 0 spiro atoms. The minimum Gasteiger partial charge on any atom is -0.423 e. The molecule has 0 saturated heterocycles. The molecule has 0 fully saturated rings. The summed E-state index contributed by atoms with van der Waals surface area (Å²) in [6, 6.07) is 26.8. The summed E-state index contributed by atoms with van der Waals surface area (Å²) < 4.78 is 0. The van der Waals surface area contributed by atoms with Gasteiger partial charge in [0.2, 0.25) is 0 Å². The predicted molar refractivity (Wildman–Crippen MR) is 105 cm³/mol. The lowest BCUT2D eigenvalue weighted by atomic mass is 9.78. The highest BCUT2D eigenvalue weighted by atomic mass is 16.4. The van der Waals surface area contributed by atoms with Crippen molar-refractivity contribution in [1.29, 1.82) is 0 Å². The molecule has 0 bridgehead atoms. The Hall–Kier alpha value is -2.88. The lowest BCUT2D eigenvalue weighted by Crippen LogP contribution is -2.29. The van der Waals surface area contributed by atoms with Gasteiger partial charge in [-0.1, -0.05) is 78.9 Å². The summed E-state index contributed by atoms with van der Waals surface area (Å²) in [5.74, 6) is 0. The Morgan fingerprint density at radius 1 is 0.600 bits per heavy atom. The van der Waals surface area contributed by atoms with Crippen molar-refractivity contribution in [3.8, 4) is 11.1 Å². The molecular weight excluding hydrogens is 307 g/mol. The second kappa shape index (κ2) is 5.31. The topological polar surface area (TPSA) is 40.5 Å². The van der Waals surface area contributed by atoms with Crippen LogP contribution in [-0.4, -0.2) is 17.2 Å². The Balaban J connectivity index is 1.89. The van der Waals surface area contributed by atoms with Crippen molar-refractivity contribution in [2.45, 2.75) is 0 Å². The van der Waals surface area contributed by atoms with E-state index in [2.05, 4.69) is 54.6 Å². The van der Waals surface area contributed by atoms with E-state index in [1.54, 1.807) is 6.07 Å². The van der Waals surface area contributed by atoms with Crippen LogP contribution in [0.1, 0.15) is 0 Å². The molecule has 0 amide bonds. The summed E-state index contributed by atoms with van der Waals surface area (Å²) in [6.45, 7) is 0. The van der Waals surface area contributed by atoms with Crippen LogP contribution in [0.2, 0.25) is 0 Å². The highest BCUT2D eigenvalue weighted by Gasteiger charge is 2.14. The molecule has 25 heavy (non-hydrogen) atoms. The fraction of sp³-hybridized carbons (Fsp3) is 0. The maximum atomic E-state index is 9.49. The molecule has 0 heterocycles. The molecule has 0 aliphatic carbocycles. The first-order valence-electron chi connectivity index (χ1n) is 8.35. The Bertz CT molecular complexity index is 1210. The molecule has 3 heteroatoms. The van der Waals surface area contributed by atoms with Gasteiger partial charge in [0.1, 0.15) is 0 Å². The Morgan fingerprint density at radius 3 is 2.00 bits per heavy atom. The van der Waals surface area contributed by atoms with Crippen molar-refractivity contribution in [1.82, 2.24) is 0 Å². The molecule has 0 saturated carbocycles. The van der Waals surface area contributed by atoms with Gasteiger partial charge in [-0.2, -0.15) is 0 Å². The molecule has 2 N–H and O–H groups in total. The number of hydrogen-bond donors (Lipinski definition) is 2. The average Bonchev–Trinajstić information content (AvgIpc) is 2.66. The van der Waals surface area contributed by atoms with E-state index in [-0.39, 0.29) is 0 Å². The summed E-state index contributed by atoms with van der Waals surface area (Å²) in [5, 5.41) is 26.4. The van der Waals surface area contributed by atoms with Crippen molar-refractivity contribution in [3.05, 3.63) is 78.9 Å². The Labute approximate surface area is 145 Å². The van der Waals surface area contributed by atoms with Crippen LogP contribution in [0.25, 0.3) is 43.4 Å². The first-order valence-corrected chi connectivity index (χ1v) is 8.35. The molecule has 0 atom stereocenters. The smallest absolute Gasteiger partial charge is 0.423 e. The van der Waals surface area contributed by atoms with Crippen LogP contribution in [0.3, 0.4) is 0 Å². The van der Waals surface area contributed by atoms with Crippen LogP contribution in [0, 0.1) is 0 Å². The number of benzene rings is 5. The fourth-order valence-corrected chi connectivity index (χ4v) is 3.85. The standard InChI is InChI=1S/C22H15BO2/c24-23(25)18-6-2-5-17(13-18)19-11-9-16-8-7-14-3-1-4-15-10-12-20(19)22(16)21(14)15/h1-13,24-25H. The predicted octanol–water partition coefficient (Wildman–Crippen LogP) is 3.93. The van der Waals surface area contributed by atoms with Gasteiger partial charge in [-0.15, -0.1) is 0 Å². The molecule has 0 aromatic heterocycles. The van der Waals surface area contributed by atoms with E-state index in [9.17, 15) is 10.0 Å². The molecule has 118 valence electrons. The first kappa shape index (κ1) is 14.5. The van der Waals surface area contributed by atoms with E-state index in [1.807, 2.05) is 18.2 Å². The summed E-state index contributed by atoms with van der Waals surface area (Å²) in [6.07, 6.45) is 0. The van der Waals surface area contributed by atoms with Crippen molar-refractivity contribution >= 4 is 44.9 Å². The van der Waals surface area contributed by atoms with Gasteiger partial charge < -0.3 is 10.0 Å². The third-order valence-electron chi connectivity index (χ3n) is 5.02. The highest BCUT2D eigenvalue weighted by molar-refractivity contribution is 6.58. The summed E-state index contributed by atoms with van der Waals surface area (Å²) >= 11 is 0.